The van der Waals surface area contributed by atoms with Crippen molar-refractivity contribution < 1.29 is 9.53 Å². The number of ether oxygens (including phenoxy) is 1. The lowest BCUT2D eigenvalue weighted by Crippen LogP contribution is -2.44. The van der Waals surface area contributed by atoms with Gasteiger partial charge in [-0.05, 0) is 18.4 Å². The van der Waals surface area contributed by atoms with E-state index in [1.54, 1.807) is 17.5 Å². The quantitative estimate of drug-likeness (QED) is 0.940. The van der Waals surface area contributed by atoms with E-state index in [1.165, 1.54) is 0 Å². The molecule has 0 spiro atoms. The number of aryl methyl sites for hydroxylation is 1. The number of aromatic amines is 1. The average molecular weight is 291 g/mol. The van der Waals surface area contributed by atoms with Crippen molar-refractivity contribution in [2.45, 2.75) is 19.4 Å². The zero-order valence-electron chi connectivity index (χ0n) is 11.3. The van der Waals surface area contributed by atoms with Crippen LogP contribution >= 0.6 is 11.3 Å². The second-order valence-electron chi connectivity index (χ2n) is 4.89. The number of rotatable bonds is 3. The zero-order chi connectivity index (χ0) is 13.9. The lowest BCUT2D eigenvalue weighted by atomic mass is 10.2. The van der Waals surface area contributed by atoms with Crippen LogP contribution < -0.4 is 0 Å². The van der Waals surface area contributed by atoms with Gasteiger partial charge in [-0.2, -0.15) is 0 Å². The molecule has 3 rings (SSSR count). The highest BCUT2D eigenvalue weighted by Gasteiger charge is 2.30. The van der Waals surface area contributed by atoms with Gasteiger partial charge in [0.1, 0.15) is 11.9 Å². The Bertz CT molecular complexity index is 579. The number of thiophene rings is 1. The first kappa shape index (κ1) is 13.3. The van der Waals surface area contributed by atoms with E-state index in [4.69, 9.17) is 4.74 Å². The first-order valence-corrected chi connectivity index (χ1v) is 7.53. The summed E-state index contributed by atoms with van der Waals surface area (Å²) in [6.45, 7) is 3.67. The normalized spacial score (nSPS) is 19.2. The lowest BCUT2D eigenvalue weighted by Gasteiger charge is -2.34. The summed E-state index contributed by atoms with van der Waals surface area (Å²) in [6.07, 6.45) is 2.24. The Hall–Kier alpha value is -1.66. The molecule has 3 heterocycles. The number of aromatic nitrogens is 2. The van der Waals surface area contributed by atoms with Crippen molar-refractivity contribution in [1.29, 1.82) is 0 Å². The van der Waals surface area contributed by atoms with E-state index in [9.17, 15) is 4.79 Å². The average Bonchev–Trinajstić information content (AvgIpc) is 3.10. The third-order valence-electron chi connectivity index (χ3n) is 3.39. The first-order chi connectivity index (χ1) is 9.74. The largest absolute Gasteiger partial charge is 0.377 e. The summed E-state index contributed by atoms with van der Waals surface area (Å²) >= 11 is 1.61. The van der Waals surface area contributed by atoms with Crippen molar-refractivity contribution in [2.24, 2.45) is 0 Å². The smallest absolute Gasteiger partial charge is 0.228 e. The van der Waals surface area contributed by atoms with E-state index in [2.05, 4.69) is 9.97 Å². The fraction of sp³-hybridized carbons (Fsp3) is 0.429. The van der Waals surface area contributed by atoms with Crippen molar-refractivity contribution in [3.8, 4) is 0 Å². The maximum absolute atomic E-state index is 12.5. The number of carbonyl (C=O) groups is 1. The molecule has 20 heavy (non-hydrogen) atoms. The molecule has 1 amide bonds. The van der Waals surface area contributed by atoms with Crippen LogP contribution in [0.4, 0.5) is 0 Å². The molecule has 0 saturated carbocycles. The lowest BCUT2D eigenvalue weighted by molar-refractivity contribution is -0.139. The number of hydrogen-bond acceptors (Lipinski definition) is 4. The Morgan fingerprint density at radius 3 is 3.25 bits per heavy atom. The van der Waals surface area contributed by atoms with Crippen molar-refractivity contribution in [3.05, 3.63) is 40.1 Å². The highest BCUT2D eigenvalue weighted by atomic mass is 32.1. The molecular weight excluding hydrogens is 274 g/mol. The van der Waals surface area contributed by atoms with Gasteiger partial charge in [0.2, 0.25) is 5.91 Å². The summed E-state index contributed by atoms with van der Waals surface area (Å²) in [5.41, 5.74) is 0.997. The predicted octanol–water partition coefficient (Wildman–Crippen LogP) is 1.92. The SMILES string of the molecule is Cc1cnc([C@@H]2COCCN2C(=O)Cc2cccs2)[nH]1. The minimum Gasteiger partial charge on any atom is -0.377 e. The number of nitrogens with one attached hydrogen (secondary N) is 1. The fourth-order valence-corrected chi connectivity index (χ4v) is 3.09. The molecule has 1 fully saturated rings. The minimum absolute atomic E-state index is 0.107. The molecule has 0 aliphatic carbocycles. The molecule has 0 radical (unpaired) electrons. The van der Waals surface area contributed by atoms with E-state index in [0.717, 1.165) is 16.4 Å². The fourth-order valence-electron chi connectivity index (χ4n) is 2.39. The van der Waals surface area contributed by atoms with Crippen LogP contribution in [0.1, 0.15) is 22.4 Å². The number of hydrogen-bond donors (Lipinski definition) is 1. The standard InChI is InChI=1S/C14H17N3O2S/c1-10-8-15-14(16-10)12-9-19-5-4-17(12)13(18)7-11-3-2-6-20-11/h2-3,6,8,12H,4-5,7,9H2,1H3,(H,15,16)/t12-/m0/s1. The Kier molecular flexibility index (Phi) is 3.84. The van der Waals surface area contributed by atoms with Gasteiger partial charge in [0, 0.05) is 23.3 Å². The number of H-pyrrole nitrogens is 1. The van der Waals surface area contributed by atoms with Gasteiger partial charge in [-0.3, -0.25) is 4.79 Å². The van der Waals surface area contributed by atoms with Gasteiger partial charge >= 0.3 is 0 Å². The van der Waals surface area contributed by atoms with Gasteiger partial charge in [-0.15, -0.1) is 11.3 Å². The maximum atomic E-state index is 12.5. The van der Waals surface area contributed by atoms with Gasteiger partial charge in [0.05, 0.1) is 19.6 Å². The minimum atomic E-state index is -0.107. The molecule has 106 valence electrons. The van der Waals surface area contributed by atoms with Crippen LogP contribution in [0.15, 0.2) is 23.7 Å². The monoisotopic (exact) mass is 291 g/mol. The number of nitrogens with zero attached hydrogens (tertiary/aromatic N) is 2. The Morgan fingerprint density at radius 1 is 1.65 bits per heavy atom. The Morgan fingerprint density at radius 2 is 2.55 bits per heavy atom. The van der Waals surface area contributed by atoms with Gasteiger partial charge < -0.3 is 14.6 Å². The zero-order valence-corrected chi connectivity index (χ0v) is 12.2. The number of amides is 1. The highest BCUT2D eigenvalue weighted by Crippen LogP contribution is 2.23. The van der Waals surface area contributed by atoms with E-state index < -0.39 is 0 Å². The Balaban J connectivity index is 1.76. The number of carbonyl (C=O) groups excluding carboxylic acids is 1. The predicted molar refractivity (Wildman–Crippen MR) is 76.6 cm³/mol. The van der Waals surface area contributed by atoms with E-state index >= 15 is 0 Å². The molecule has 1 saturated heterocycles. The summed E-state index contributed by atoms with van der Waals surface area (Å²) in [7, 11) is 0. The highest BCUT2D eigenvalue weighted by molar-refractivity contribution is 7.10. The van der Waals surface area contributed by atoms with Gasteiger partial charge in [-0.25, -0.2) is 4.98 Å². The van der Waals surface area contributed by atoms with Crippen molar-refractivity contribution in [1.82, 2.24) is 14.9 Å². The molecule has 5 nitrogen and oxygen atoms in total. The third-order valence-corrected chi connectivity index (χ3v) is 4.27. The van der Waals surface area contributed by atoms with E-state index in [-0.39, 0.29) is 11.9 Å². The molecule has 1 atom stereocenters. The first-order valence-electron chi connectivity index (χ1n) is 6.65. The number of imidazole rings is 1. The molecule has 1 aliphatic rings. The second kappa shape index (κ2) is 5.76. The van der Waals surface area contributed by atoms with Crippen LogP contribution in [-0.2, 0) is 16.0 Å². The summed E-state index contributed by atoms with van der Waals surface area (Å²) in [6, 6.07) is 3.86. The second-order valence-corrected chi connectivity index (χ2v) is 5.92. The maximum Gasteiger partial charge on any atom is 0.228 e. The molecule has 1 aliphatic heterocycles. The number of morpholine rings is 1. The molecule has 2 aromatic heterocycles. The summed E-state index contributed by atoms with van der Waals surface area (Å²) < 4.78 is 5.51. The van der Waals surface area contributed by atoms with Gasteiger partial charge in [0.25, 0.3) is 0 Å². The van der Waals surface area contributed by atoms with Crippen molar-refractivity contribution >= 4 is 17.2 Å². The summed E-state index contributed by atoms with van der Waals surface area (Å²) in [4.78, 5) is 23.0. The van der Waals surface area contributed by atoms with Crippen LogP contribution in [0.3, 0.4) is 0 Å². The van der Waals surface area contributed by atoms with Gasteiger partial charge in [0.15, 0.2) is 0 Å². The Labute approximate surface area is 121 Å². The van der Waals surface area contributed by atoms with Crippen LogP contribution in [0.2, 0.25) is 0 Å². The molecule has 6 heteroatoms. The van der Waals surface area contributed by atoms with Crippen LogP contribution in [0.25, 0.3) is 0 Å². The van der Waals surface area contributed by atoms with E-state index in [1.807, 2.05) is 29.3 Å². The molecule has 0 aromatic carbocycles. The molecule has 1 N–H and O–H groups in total. The molecule has 2 aromatic rings. The molecule has 0 bridgehead atoms. The topological polar surface area (TPSA) is 58.2 Å². The van der Waals surface area contributed by atoms with E-state index in [0.29, 0.717) is 26.2 Å². The summed E-state index contributed by atoms with van der Waals surface area (Å²) in [5.74, 6) is 0.941. The van der Waals surface area contributed by atoms with Gasteiger partial charge in [-0.1, -0.05) is 6.07 Å². The van der Waals surface area contributed by atoms with Crippen molar-refractivity contribution in [3.63, 3.8) is 0 Å². The van der Waals surface area contributed by atoms with Crippen molar-refractivity contribution in [2.75, 3.05) is 19.8 Å². The van der Waals surface area contributed by atoms with Crippen LogP contribution in [-0.4, -0.2) is 40.5 Å². The molecule has 0 unspecified atom stereocenters. The van der Waals surface area contributed by atoms with Crippen LogP contribution in [0, 0.1) is 6.92 Å². The molecular formula is C14H17N3O2S. The summed E-state index contributed by atoms with van der Waals surface area (Å²) in [5, 5.41) is 2.00. The third kappa shape index (κ3) is 2.76. The van der Waals surface area contributed by atoms with Crippen LogP contribution in [0.5, 0.6) is 0 Å².